The van der Waals surface area contributed by atoms with Crippen molar-refractivity contribution in [2.45, 2.75) is 32.8 Å². The SMILES string of the molecule is CCC(=O)OC[C@@H](CC)Oc1ccc(Oc2ccc(C#N)cc2F)cc1. The largest absolute Gasteiger partial charge is 0.487 e. The van der Waals surface area contributed by atoms with Crippen molar-refractivity contribution in [2.75, 3.05) is 6.61 Å². The van der Waals surface area contributed by atoms with Gasteiger partial charge < -0.3 is 14.2 Å². The van der Waals surface area contributed by atoms with Crippen LogP contribution in [0.25, 0.3) is 0 Å². The van der Waals surface area contributed by atoms with Crippen LogP contribution in [0.3, 0.4) is 0 Å². The lowest BCUT2D eigenvalue weighted by Crippen LogP contribution is -2.24. The molecular weight excluding hydrogens is 337 g/mol. The highest BCUT2D eigenvalue weighted by Crippen LogP contribution is 2.27. The van der Waals surface area contributed by atoms with Crippen LogP contribution < -0.4 is 9.47 Å². The second kappa shape index (κ2) is 9.42. The molecule has 2 rings (SSSR count). The Bertz CT molecular complexity index is 783. The molecular formula is C20H20FNO4. The van der Waals surface area contributed by atoms with Gasteiger partial charge in [0.2, 0.25) is 0 Å². The highest BCUT2D eigenvalue weighted by atomic mass is 19.1. The molecule has 0 amide bonds. The zero-order valence-corrected chi connectivity index (χ0v) is 14.7. The minimum atomic E-state index is -0.604. The van der Waals surface area contributed by atoms with Gasteiger partial charge in [-0.2, -0.15) is 5.26 Å². The van der Waals surface area contributed by atoms with E-state index >= 15 is 0 Å². The van der Waals surface area contributed by atoms with Crippen LogP contribution in [-0.4, -0.2) is 18.7 Å². The van der Waals surface area contributed by atoms with Gasteiger partial charge in [0.25, 0.3) is 0 Å². The van der Waals surface area contributed by atoms with E-state index in [1.54, 1.807) is 31.2 Å². The molecule has 0 fully saturated rings. The predicted molar refractivity (Wildman–Crippen MR) is 93.6 cm³/mol. The number of halogens is 1. The van der Waals surface area contributed by atoms with Crippen molar-refractivity contribution in [2.24, 2.45) is 0 Å². The third-order valence-corrected chi connectivity index (χ3v) is 3.59. The summed E-state index contributed by atoms with van der Waals surface area (Å²) in [5, 5.41) is 8.75. The van der Waals surface area contributed by atoms with E-state index in [1.165, 1.54) is 12.1 Å². The monoisotopic (exact) mass is 357 g/mol. The summed E-state index contributed by atoms with van der Waals surface area (Å²) in [7, 11) is 0. The summed E-state index contributed by atoms with van der Waals surface area (Å²) in [5.74, 6) is 0.201. The molecule has 0 heterocycles. The fourth-order valence-electron chi connectivity index (χ4n) is 2.08. The van der Waals surface area contributed by atoms with Crippen molar-refractivity contribution < 1.29 is 23.4 Å². The van der Waals surface area contributed by atoms with Gasteiger partial charge in [-0.1, -0.05) is 13.8 Å². The van der Waals surface area contributed by atoms with Crippen molar-refractivity contribution in [3.8, 4) is 23.3 Å². The molecule has 0 aliphatic rings. The van der Waals surface area contributed by atoms with Crippen LogP contribution in [0, 0.1) is 17.1 Å². The fourth-order valence-corrected chi connectivity index (χ4v) is 2.08. The molecule has 0 spiro atoms. The number of carbonyl (C=O) groups is 1. The van der Waals surface area contributed by atoms with E-state index in [0.717, 1.165) is 6.07 Å². The second-order valence-electron chi connectivity index (χ2n) is 5.52. The molecule has 136 valence electrons. The molecule has 5 nitrogen and oxygen atoms in total. The quantitative estimate of drug-likeness (QED) is 0.646. The summed E-state index contributed by atoms with van der Waals surface area (Å²) in [5.41, 5.74) is 0.230. The Morgan fingerprint density at radius 2 is 1.85 bits per heavy atom. The van der Waals surface area contributed by atoms with Crippen LogP contribution in [0.15, 0.2) is 42.5 Å². The Balaban J connectivity index is 1.97. The average Bonchev–Trinajstić information content (AvgIpc) is 2.67. The molecule has 0 aliphatic heterocycles. The summed E-state index contributed by atoms with van der Waals surface area (Å²) in [6.45, 7) is 3.87. The highest BCUT2D eigenvalue weighted by Gasteiger charge is 2.12. The molecule has 1 atom stereocenters. The Morgan fingerprint density at radius 3 is 2.42 bits per heavy atom. The van der Waals surface area contributed by atoms with Gasteiger partial charge in [0.05, 0.1) is 11.6 Å². The third-order valence-electron chi connectivity index (χ3n) is 3.59. The number of esters is 1. The topological polar surface area (TPSA) is 68.6 Å². The standard InChI is InChI=1S/C20H20FNO4/c1-3-15(13-24-20(23)4-2)25-16-6-8-17(9-7-16)26-19-10-5-14(12-22)11-18(19)21/h5-11,15H,3-4,13H2,1-2H3/t15-/m1/s1. The smallest absolute Gasteiger partial charge is 0.305 e. The molecule has 2 aromatic carbocycles. The van der Waals surface area contributed by atoms with Gasteiger partial charge in [-0.15, -0.1) is 0 Å². The van der Waals surface area contributed by atoms with Crippen LogP contribution in [-0.2, 0) is 9.53 Å². The molecule has 0 radical (unpaired) electrons. The highest BCUT2D eigenvalue weighted by molar-refractivity contribution is 5.68. The van der Waals surface area contributed by atoms with E-state index in [2.05, 4.69) is 0 Å². The first-order valence-corrected chi connectivity index (χ1v) is 8.35. The van der Waals surface area contributed by atoms with Gasteiger partial charge in [0.15, 0.2) is 11.6 Å². The Morgan fingerprint density at radius 1 is 1.15 bits per heavy atom. The normalized spacial score (nSPS) is 11.3. The van der Waals surface area contributed by atoms with E-state index in [1.807, 2.05) is 13.0 Å². The Kier molecular flexibility index (Phi) is 6.98. The van der Waals surface area contributed by atoms with E-state index in [-0.39, 0.29) is 30.0 Å². The minimum absolute atomic E-state index is 0.0376. The maximum atomic E-state index is 13.9. The summed E-state index contributed by atoms with van der Waals surface area (Å²) in [4.78, 5) is 11.2. The molecule has 6 heteroatoms. The maximum Gasteiger partial charge on any atom is 0.305 e. The number of benzene rings is 2. The molecule has 0 aliphatic carbocycles. The van der Waals surface area contributed by atoms with Gasteiger partial charge >= 0.3 is 5.97 Å². The van der Waals surface area contributed by atoms with Gasteiger partial charge in [-0.05, 0) is 48.9 Å². The molecule has 0 bridgehead atoms. The van der Waals surface area contributed by atoms with Crippen molar-refractivity contribution in [3.05, 3.63) is 53.8 Å². The van der Waals surface area contributed by atoms with Gasteiger partial charge in [0.1, 0.15) is 24.2 Å². The van der Waals surface area contributed by atoms with Crippen molar-refractivity contribution >= 4 is 5.97 Å². The van der Waals surface area contributed by atoms with Gasteiger partial charge in [-0.3, -0.25) is 4.79 Å². The zero-order chi connectivity index (χ0) is 18.9. The number of nitriles is 1. The van der Waals surface area contributed by atoms with E-state index in [4.69, 9.17) is 19.5 Å². The average molecular weight is 357 g/mol. The van der Waals surface area contributed by atoms with Gasteiger partial charge in [0, 0.05) is 6.42 Å². The summed E-state index contributed by atoms with van der Waals surface area (Å²) in [6.07, 6.45) is 0.772. The van der Waals surface area contributed by atoms with Crippen LogP contribution in [0.2, 0.25) is 0 Å². The third kappa shape index (κ3) is 5.49. The van der Waals surface area contributed by atoms with E-state index in [0.29, 0.717) is 24.3 Å². The number of carbonyl (C=O) groups excluding carboxylic acids is 1. The Hall–Kier alpha value is -3.07. The Labute approximate surface area is 151 Å². The first kappa shape index (κ1) is 19.3. The predicted octanol–water partition coefficient (Wildman–Crippen LogP) is 4.60. The number of nitrogens with zero attached hydrogens (tertiary/aromatic N) is 1. The molecule has 2 aromatic rings. The van der Waals surface area contributed by atoms with Crippen molar-refractivity contribution in [1.82, 2.24) is 0 Å². The van der Waals surface area contributed by atoms with Crippen LogP contribution >= 0.6 is 0 Å². The van der Waals surface area contributed by atoms with E-state index < -0.39 is 5.82 Å². The summed E-state index contributed by atoms with van der Waals surface area (Å²) < 4.78 is 30.2. The summed E-state index contributed by atoms with van der Waals surface area (Å²) >= 11 is 0. The first-order valence-electron chi connectivity index (χ1n) is 8.35. The van der Waals surface area contributed by atoms with Crippen LogP contribution in [0.4, 0.5) is 4.39 Å². The van der Waals surface area contributed by atoms with Crippen molar-refractivity contribution in [3.63, 3.8) is 0 Å². The zero-order valence-electron chi connectivity index (χ0n) is 14.7. The molecule has 0 saturated carbocycles. The molecule has 26 heavy (non-hydrogen) atoms. The van der Waals surface area contributed by atoms with Crippen LogP contribution in [0.5, 0.6) is 17.2 Å². The number of hydrogen-bond donors (Lipinski definition) is 0. The lowest BCUT2D eigenvalue weighted by Gasteiger charge is -2.17. The molecule has 0 N–H and O–H groups in total. The summed E-state index contributed by atoms with van der Waals surface area (Å²) in [6, 6.07) is 12.6. The lowest BCUT2D eigenvalue weighted by atomic mass is 10.2. The van der Waals surface area contributed by atoms with Crippen molar-refractivity contribution in [1.29, 1.82) is 5.26 Å². The maximum absolute atomic E-state index is 13.9. The first-order chi connectivity index (χ1) is 12.5. The number of ether oxygens (including phenoxy) is 3. The molecule has 0 unspecified atom stereocenters. The molecule has 0 aromatic heterocycles. The fraction of sp³-hybridized carbons (Fsp3) is 0.300. The van der Waals surface area contributed by atoms with E-state index in [9.17, 15) is 9.18 Å². The molecule has 0 saturated heterocycles. The lowest BCUT2D eigenvalue weighted by molar-refractivity contribution is -0.145. The van der Waals surface area contributed by atoms with Gasteiger partial charge in [-0.25, -0.2) is 4.39 Å². The van der Waals surface area contributed by atoms with Crippen LogP contribution in [0.1, 0.15) is 32.3 Å². The minimum Gasteiger partial charge on any atom is -0.487 e. The number of rotatable bonds is 8. The second-order valence-corrected chi connectivity index (χ2v) is 5.52. The number of hydrogen-bond acceptors (Lipinski definition) is 5.